The van der Waals surface area contributed by atoms with E-state index in [1.54, 1.807) is 48.5 Å². The summed E-state index contributed by atoms with van der Waals surface area (Å²) in [7, 11) is 3.06. The zero-order valence-corrected chi connectivity index (χ0v) is 61.1. The second kappa shape index (κ2) is 44.4. The molecule has 0 aliphatic carbocycles. The molecule has 6 aromatic rings. The average Bonchev–Trinajstić information content (AvgIpc) is 0.844. The number of benzene rings is 6. The minimum absolute atomic E-state index is 0. The van der Waals surface area contributed by atoms with E-state index in [9.17, 15) is 69.1 Å². The van der Waals surface area contributed by atoms with Crippen molar-refractivity contribution >= 4 is 58.6 Å². The van der Waals surface area contributed by atoms with Crippen molar-refractivity contribution in [3.05, 3.63) is 232 Å². The standard InChI is InChI=1S/C33H40N4O9.C19H22ClN2O5.C14H18N2O4.CH3F.2BrH.Na/c1-36(22-27-8-4-2-5-9-27,23-28-10-14-30(15-11-28)34(40)41)20-21-44-33(39)46-26-45-32(38)25-37(18-6-3-7-19-37)24-29-12-16-31(17-13-29)35(42)43;1-22(11-12-26-19(23)27-15-20,13-16-5-3-2-4-6-16)14-17-7-9-18(10-8-17)21(24)25;17-14(18)11-16(8-2-1-3-9-16)10-12-4-6-13(7-5-12)15(19)20;1-2;;;/h2,4-5,8-17H,3,6-7,18-26H2,1H3;2-10H,11-15H2,1H3;4-7H,1-3,8-11H2;1H3;2*1H;/q+2;+1;;;;;+1/p-2/i;;;1D;;;. The average molecular weight is 1530 g/mol. The van der Waals surface area contributed by atoms with Gasteiger partial charge in [0.25, 0.3) is 22.7 Å². The number of carboxylic acid groups (broad SMARTS) is 1. The SMILES string of the molecule is C[N+](CCOC(=O)OCCl)(Cc1ccccc1)Cc1ccc([N+](=O)[O-])cc1.C[N+](CCOC(=O)OCOC(=O)C[N+]1(Cc2ccc([N+](=O)[O-])cc2)CCCCC1)(Cc1ccccc1)Cc1ccc([N+](=O)[O-])cc1.O=C([O-])C[N+]1(Cc2ccc([N+](=O)[O-])cc2)CCCCC1.[2H]CF.[Br-].[Br-].[Na+]. The Morgan fingerprint density at radius 1 is 0.469 bits per heavy atom. The van der Waals surface area contributed by atoms with E-state index < -0.39 is 57.9 Å². The number of ether oxygens (including phenoxy) is 5. The number of nitro groups is 4. The monoisotopic (exact) mass is 1520 g/mol. The Hall–Kier alpha value is -7.58. The van der Waals surface area contributed by atoms with Gasteiger partial charge >= 0.3 is 47.8 Å². The largest absolute Gasteiger partial charge is 1.00 e. The molecule has 0 bridgehead atoms. The number of piperidine rings is 2. The maximum absolute atomic E-state index is 12.8. The first-order valence-electron chi connectivity index (χ1n) is 31.3. The molecule has 2 heterocycles. The van der Waals surface area contributed by atoms with Gasteiger partial charge in [-0.25, -0.2) is 14.4 Å². The first kappa shape index (κ1) is 84.6. The summed E-state index contributed by atoms with van der Waals surface area (Å²) in [6.07, 6.45) is 4.38. The number of alkyl halides is 2. The van der Waals surface area contributed by atoms with Crippen LogP contribution in [0.15, 0.2) is 158 Å². The van der Waals surface area contributed by atoms with Crippen LogP contribution >= 0.6 is 11.6 Å². The van der Waals surface area contributed by atoms with E-state index in [-0.39, 0.29) is 119 Å². The summed E-state index contributed by atoms with van der Waals surface area (Å²) in [5.74, 6) is -1.54. The second-order valence-corrected chi connectivity index (χ2v) is 24.1. The Kier molecular flexibility index (Phi) is 38.4. The van der Waals surface area contributed by atoms with Gasteiger partial charge in [-0.15, -0.1) is 0 Å². The number of rotatable bonds is 29. The molecule has 2 saturated heterocycles. The number of hydrogen-bond acceptors (Lipinski definition) is 18. The van der Waals surface area contributed by atoms with Gasteiger partial charge in [0.1, 0.15) is 72.1 Å². The molecular formula is C67H83Br2ClFN8NaO18+2. The number of nitrogens with zero attached hydrogens (tertiary/aromatic N) is 8. The molecule has 31 heteroatoms. The molecule has 0 saturated carbocycles. The predicted molar refractivity (Wildman–Crippen MR) is 346 cm³/mol. The summed E-state index contributed by atoms with van der Waals surface area (Å²) in [5.41, 5.74) is 6.07. The Bertz CT molecular complexity index is 3450. The number of likely N-dealkylation sites (tertiary alicyclic amines) is 2. The van der Waals surface area contributed by atoms with Crippen LogP contribution in [0, 0.1) is 40.5 Å². The van der Waals surface area contributed by atoms with Crippen LogP contribution in [-0.2, 0) is 72.5 Å². The number of aliphatic carboxylic acids is 1. The van der Waals surface area contributed by atoms with Crippen molar-refractivity contribution in [3.8, 4) is 0 Å². The number of hydrogen-bond donors (Lipinski definition) is 0. The summed E-state index contributed by atoms with van der Waals surface area (Å²) in [4.78, 5) is 89.2. The molecule has 98 heavy (non-hydrogen) atoms. The van der Waals surface area contributed by atoms with Gasteiger partial charge in [0, 0.05) is 81.9 Å². The van der Waals surface area contributed by atoms with E-state index in [1.165, 1.54) is 48.5 Å². The smallest absolute Gasteiger partial charge is 1.00 e. The van der Waals surface area contributed by atoms with Crippen molar-refractivity contribution in [3.63, 3.8) is 0 Å². The zero-order chi connectivity index (χ0) is 70.0. The Morgan fingerprint density at radius 2 is 0.765 bits per heavy atom. The van der Waals surface area contributed by atoms with Crippen LogP contribution in [0.4, 0.5) is 36.7 Å². The number of nitro benzene ring substituents is 4. The fourth-order valence-corrected chi connectivity index (χ4v) is 11.8. The number of non-ortho nitro benzene ring substituents is 4. The number of carbonyl (C=O) groups is 4. The van der Waals surface area contributed by atoms with Gasteiger partial charge in [-0.1, -0.05) is 72.3 Å². The minimum Gasteiger partial charge on any atom is -1.00 e. The van der Waals surface area contributed by atoms with Gasteiger partial charge in [0.05, 0.1) is 74.5 Å². The molecule has 6 aromatic carbocycles. The quantitative estimate of drug-likeness (QED) is 0.00948. The first-order valence-corrected chi connectivity index (χ1v) is 31.2. The van der Waals surface area contributed by atoms with Crippen molar-refractivity contribution in [1.29, 1.82) is 0 Å². The fourth-order valence-electron chi connectivity index (χ4n) is 11.7. The number of halogens is 4. The molecule has 8 rings (SSSR count). The van der Waals surface area contributed by atoms with Gasteiger partial charge in [-0.2, -0.15) is 0 Å². The van der Waals surface area contributed by atoms with E-state index >= 15 is 0 Å². The second-order valence-electron chi connectivity index (χ2n) is 23.9. The summed E-state index contributed by atoms with van der Waals surface area (Å²) >= 11 is 5.34. The number of quaternary nitrogens is 4. The summed E-state index contributed by atoms with van der Waals surface area (Å²) in [6, 6.07) is 45.2. The molecule has 2 aliphatic heterocycles. The van der Waals surface area contributed by atoms with E-state index in [2.05, 4.69) is 4.74 Å². The number of esters is 1. The summed E-state index contributed by atoms with van der Waals surface area (Å²) in [5, 5.41) is 54.5. The molecule has 2 unspecified atom stereocenters. The topological polar surface area (TPSA) is 310 Å². The minimum atomic E-state index is -1.03. The van der Waals surface area contributed by atoms with E-state index in [4.69, 9.17) is 31.9 Å². The van der Waals surface area contributed by atoms with Gasteiger partial charge in [-0.3, -0.25) is 44.8 Å². The molecule has 2 fully saturated rings. The van der Waals surface area contributed by atoms with Crippen molar-refractivity contribution < 1.29 is 155 Å². The third-order valence-corrected chi connectivity index (χ3v) is 16.4. The van der Waals surface area contributed by atoms with E-state index in [0.29, 0.717) is 70.3 Å². The van der Waals surface area contributed by atoms with Crippen LogP contribution < -0.4 is 68.6 Å². The van der Waals surface area contributed by atoms with Crippen LogP contribution in [-0.4, -0.2) is 162 Å². The Labute approximate surface area is 618 Å². The molecule has 0 N–H and O–H groups in total. The van der Waals surface area contributed by atoms with Crippen molar-refractivity contribution in [1.82, 2.24) is 0 Å². The zero-order valence-electron chi connectivity index (χ0n) is 56.1. The van der Waals surface area contributed by atoms with E-state index in [1.807, 2.05) is 74.8 Å². The summed E-state index contributed by atoms with van der Waals surface area (Å²) in [6.45, 7) is 7.56. The summed E-state index contributed by atoms with van der Waals surface area (Å²) < 4.78 is 42.7. The maximum Gasteiger partial charge on any atom is 1.00 e. The Morgan fingerprint density at radius 3 is 1.07 bits per heavy atom. The van der Waals surface area contributed by atoms with Gasteiger partial charge in [0.15, 0.2) is 12.6 Å². The molecule has 26 nitrogen and oxygen atoms in total. The molecule has 2 aliphatic rings. The molecule has 2 atom stereocenters. The molecule has 0 aromatic heterocycles. The number of likely N-dealkylation sites (N-methyl/N-ethyl adjacent to an activating group) is 2. The van der Waals surface area contributed by atoms with Crippen LogP contribution in [0.1, 0.15) is 73.3 Å². The van der Waals surface area contributed by atoms with Crippen LogP contribution in [0.5, 0.6) is 0 Å². The van der Waals surface area contributed by atoms with Crippen LogP contribution in [0.3, 0.4) is 0 Å². The number of carboxylic acids is 1. The Balaban J connectivity index is 0.000000533. The van der Waals surface area contributed by atoms with Gasteiger partial charge < -0.3 is 85.5 Å². The van der Waals surface area contributed by atoms with Crippen LogP contribution in [0.25, 0.3) is 0 Å². The van der Waals surface area contributed by atoms with Crippen molar-refractivity contribution in [2.75, 3.05) is 99.7 Å². The van der Waals surface area contributed by atoms with E-state index in [0.717, 1.165) is 98.1 Å². The molecular weight excluding hydrogens is 1440 g/mol. The van der Waals surface area contributed by atoms with Crippen molar-refractivity contribution in [2.24, 2.45) is 0 Å². The molecule has 0 spiro atoms. The maximum atomic E-state index is 12.8. The normalized spacial score (nSPS) is 14.5. The molecule has 526 valence electrons. The van der Waals surface area contributed by atoms with Gasteiger partial charge in [-0.05, 0) is 87.1 Å². The fraction of sp³-hybridized carbons (Fsp3) is 0.403. The van der Waals surface area contributed by atoms with Crippen LogP contribution in [0.2, 0.25) is 0 Å². The van der Waals surface area contributed by atoms with Gasteiger partial charge in [0.2, 0.25) is 6.79 Å². The molecule has 0 amide bonds. The molecule has 0 radical (unpaired) electrons. The third-order valence-electron chi connectivity index (χ3n) is 16.3. The number of carbonyl (C=O) groups excluding carboxylic acids is 4. The van der Waals surface area contributed by atoms with Crippen molar-refractivity contribution in [2.45, 2.75) is 77.8 Å². The first-order chi connectivity index (χ1) is 45.9. The predicted octanol–water partition coefficient (Wildman–Crippen LogP) is 2.04. The third kappa shape index (κ3) is 31.1.